The fourth-order valence-electron chi connectivity index (χ4n) is 2.42. The normalized spacial score (nSPS) is 18.9. The van der Waals surface area contributed by atoms with Crippen molar-refractivity contribution in [2.45, 2.75) is 18.4 Å². The molecule has 2 aliphatic rings. The Morgan fingerprint density at radius 1 is 1.36 bits per heavy atom. The molecule has 1 aliphatic heterocycles. The maximum absolute atomic E-state index is 12.6. The zero-order chi connectivity index (χ0) is 16.1. The van der Waals surface area contributed by atoms with E-state index in [0.29, 0.717) is 12.8 Å². The molecule has 0 N–H and O–H groups in total. The van der Waals surface area contributed by atoms with Crippen molar-refractivity contribution in [1.82, 2.24) is 14.5 Å². The van der Waals surface area contributed by atoms with Gasteiger partial charge in [-0.05, 0) is 36.0 Å². The SMILES string of the molecule is O=C(Cl)CN=CN1C(=O)c2c(C(=O)Cl)ncn2C(=O)C12CC2. The van der Waals surface area contributed by atoms with Gasteiger partial charge in [-0.25, -0.2) is 4.98 Å². The first-order valence-electron chi connectivity index (χ1n) is 6.22. The molecule has 1 aromatic rings. The number of nitrogens with zero attached hydrogens (tertiary/aromatic N) is 4. The average Bonchev–Trinajstić information content (AvgIpc) is 3.10. The summed E-state index contributed by atoms with van der Waals surface area (Å²) in [6.07, 6.45) is 3.13. The lowest BCUT2D eigenvalue weighted by Crippen LogP contribution is -2.54. The van der Waals surface area contributed by atoms with E-state index in [9.17, 15) is 19.2 Å². The fourth-order valence-corrected chi connectivity index (χ4v) is 2.62. The lowest BCUT2D eigenvalue weighted by molar-refractivity contribution is -0.110. The van der Waals surface area contributed by atoms with Crippen LogP contribution >= 0.6 is 23.2 Å². The highest BCUT2D eigenvalue weighted by molar-refractivity contribution is 6.68. The van der Waals surface area contributed by atoms with E-state index in [1.165, 1.54) is 0 Å². The second kappa shape index (κ2) is 4.99. The van der Waals surface area contributed by atoms with Crippen molar-refractivity contribution < 1.29 is 19.2 Å². The van der Waals surface area contributed by atoms with Gasteiger partial charge in [-0.3, -0.25) is 33.6 Å². The van der Waals surface area contributed by atoms with Crippen molar-refractivity contribution in [1.29, 1.82) is 0 Å². The summed E-state index contributed by atoms with van der Waals surface area (Å²) in [4.78, 5) is 55.7. The standard InChI is InChI=1S/C12H8Cl2N4O4/c13-6(19)3-15-4-18-10(21)8-7(9(14)20)16-5-17(8)11(22)12(18)1-2-12/h4-5H,1-3H2. The molecule has 0 atom stereocenters. The smallest absolute Gasteiger partial charge is 0.279 e. The number of aliphatic imine (C=N–C) groups is 1. The van der Waals surface area contributed by atoms with Gasteiger partial charge in [0.1, 0.15) is 24.1 Å². The number of rotatable bonds is 4. The van der Waals surface area contributed by atoms with Crippen molar-refractivity contribution in [3.05, 3.63) is 17.7 Å². The molecule has 22 heavy (non-hydrogen) atoms. The molecule has 1 amide bonds. The summed E-state index contributed by atoms with van der Waals surface area (Å²) in [6.45, 7) is -0.323. The second-order valence-electron chi connectivity index (χ2n) is 4.91. The van der Waals surface area contributed by atoms with Crippen LogP contribution in [-0.2, 0) is 4.79 Å². The minimum Gasteiger partial charge on any atom is -0.282 e. The predicted molar refractivity (Wildman–Crippen MR) is 75.4 cm³/mol. The highest BCUT2D eigenvalue weighted by Gasteiger charge is 2.61. The first-order valence-corrected chi connectivity index (χ1v) is 6.98. The van der Waals surface area contributed by atoms with Crippen LogP contribution in [0.5, 0.6) is 0 Å². The number of imidazole rings is 1. The van der Waals surface area contributed by atoms with Crippen molar-refractivity contribution in [2.24, 2.45) is 4.99 Å². The quantitative estimate of drug-likeness (QED) is 0.455. The molecule has 1 spiro atoms. The lowest BCUT2D eigenvalue weighted by atomic mass is 10.1. The summed E-state index contributed by atoms with van der Waals surface area (Å²) in [5.74, 6) is -1.01. The van der Waals surface area contributed by atoms with Gasteiger partial charge < -0.3 is 0 Å². The van der Waals surface area contributed by atoms with Gasteiger partial charge in [0.05, 0.1) is 6.34 Å². The molecule has 1 fully saturated rings. The average molecular weight is 343 g/mol. The summed E-state index contributed by atoms with van der Waals surface area (Å²) in [5, 5.41) is -1.63. The number of carbonyl (C=O) groups excluding carboxylic acids is 4. The Bertz CT molecular complexity index is 750. The Morgan fingerprint density at radius 2 is 2.05 bits per heavy atom. The molecule has 2 heterocycles. The third-order valence-electron chi connectivity index (χ3n) is 3.59. The minimum atomic E-state index is -1.03. The van der Waals surface area contributed by atoms with E-state index < -0.39 is 21.9 Å². The van der Waals surface area contributed by atoms with E-state index in [0.717, 1.165) is 22.1 Å². The van der Waals surface area contributed by atoms with E-state index in [2.05, 4.69) is 9.98 Å². The van der Waals surface area contributed by atoms with Gasteiger partial charge in [-0.2, -0.15) is 0 Å². The molecular weight excluding hydrogens is 335 g/mol. The van der Waals surface area contributed by atoms with Crippen molar-refractivity contribution in [3.63, 3.8) is 0 Å². The van der Waals surface area contributed by atoms with Crippen molar-refractivity contribution >= 4 is 51.8 Å². The molecule has 1 aliphatic carbocycles. The fraction of sp³-hybridized carbons (Fsp3) is 0.333. The molecule has 0 saturated heterocycles. The Hall–Kier alpha value is -2.06. The van der Waals surface area contributed by atoms with Crippen molar-refractivity contribution in [2.75, 3.05) is 6.54 Å². The summed E-state index contributed by atoms with van der Waals surface area (Å²) in [5.41, 5.74) is -1.52. The third kappa shape index (κ3) is 2.06. The highest BCUT2D eigenvalue weighted by atomic mass is 35.5. The van der Waals surface area contributed by atoms with Crippen LogP contribution in [0.1, 0.15) is 38.6 Å². The molecule has 0 bridgehead atoms. The number of hydrogen-bond acceptors (Lipinski definition) is 6. The molecule has 1 saturated carbocycles. The van der Waals surface area contributed by atoms with Crippen LogP contribution < -0.4 is 0 Å². The van der Waals surface area contributed by atoms with Crippen LogP contribution in [-0.4, -0.2) is 55.2 Å². The lowest BCUT2D eigenvalue weighted by Gasteiger charge is -2.32. The second-order valence-corrected chi connectivity index (χ2v) is 5.67. The Labute approximate surface area is 133 Å². The van der Waals surface area contributed by atoms with Gasteiger partial charge in [0.25, 0.3) is 17.1 Å². The van der Waals surface area contributed by atoms with E-state index in [-0.39, 0.29) is 23.8 Å². The maximum atomic E-state index is 12.6. The summed E-state index contributed by atoms with van der Waals surface area (Å²) in [7, 11) is 0. The van der Waals surface area contributed by atoms with Crippen molar-refractivity contribution in [3.8, 4) is 0 Å². The number of halogens is 2. The zero-order valence-corrected chi connectivity index (χ0v) is 12.5. The Morgan fingerprint density at radius 3 is 2.59 bits per heavy atom. The maximum Gasteiger partial charge on any atom is 0.279 e. The largest absolute Gasteiger partial charge is 0.282 e. The van der Waals surface area contributed by atoms with Gasteiger partial charge in [0, 0.05) is 0 Å². The first kappa shape index (κ1) is 14.9. The first-order chi connectivity index (χ1) is 10.4. The van der Waals surface area contributed by atoms with E-state index in [1.54, 1.807) is 0 Å². The number of hydrogen-bond donors (Lipinski definition) is 0. The molecule has 10 heteroatoms. The predicted octanol–water partition coefficient (Wildman–Crippen LogP) is 0.684. The summed E-state index contributed by atoms with van der Waals surface area (Å²) >= 11 is 10.6. The molecule has 0 unspecified atom stereocenters. The molecular formula is C12H8Cl2N4O4. The molecule has 114 valence electrons. The summed E-state index contributed by atoms with van der Waals surface area (Å²) < 4.78 is 1.04. The highest BCUT2D eigenvalue weighted by Crippen LogP contribution is 2.46. The molecule has 3 rings (SSSR count). The van der Waals surface area contributed by atoms with Gasteiger partial charge in [0.2, 0.25) is 5.24 Å². The van der Waals surface area contributed by atoms with E-state index >= 15 is 0 Å². The van der Waals surface area contributed by atoms with Crippen LogP contribution in [0.3, 0.4) is 0 Å². The number of amides is 1. The van der Waals surface area contributed by atoms with Gasteiger partial charge in [-0.15, -0.1) is 0 Å². The monoisotopic (exact) mass is 342 g/mol. The van der Waals surface area contributed by atoms with Crippen LogP contribution in [0.4, 0.5) is 0 Å². The number of fused-ring (bicyclic) bond motifs is 1. The van der Waals surface area contributed by atoms with Gasteiger partial charge in [0.15, 0.2) is 5.69 Å². The van der Waals surface area contributed by atoms with E-state index in [4.69, 9.17) is 23.2 Å². The number of carbonyl (C=O) groups is 4. The molecule has 8 nitrogen and oxygen atoms in total. The zero-order valence-electron chi connectivity index (χ0n) is 11.0. The third-order valence-corrected chi connectivity index (χ3v) is 3.89. The van der Waals surface area contributed by atoms with Crippen LogP contribution in [0.2, 0.25) is 0 Å². The van der Waals surface area contributed by atoms with E-state index in [1.807, 2.05) is 0 Å². The Balaban J connectivity index is 2.05. The van der Waals surface area contributed by atoms with Gasteiger partial charge >= 0.3 is 0 Å². The topological polar surface area (TPSA) is 102 Å². The molecule has 1 aromatic heterocycles. The number of aromatic nitrogens is 2. The van der Waals surface area contributed by atoms with Crippen LogP contribution in [0, 0.1) is 0 Å². The minimum absolute atomic E-state index is 0.203. The molecule has 0 aromatic carbocycles. The van der Waals surface area contributed by atoms with Crippen LogP contribution in [0.25, 0.3) is 0 Å². The van der Waals surface area contributed by atoms with Gasteiger partial charge in [-0.1, -0.05) is 0 Å². The molecule has 0 radical (unpaired) electrons. The Kier molecular flexibility index (Phi) is 3.37. The summed E-state index contributed by atoms with van der Waals surface area (Å²) in [6, 6.07) is 0. The van der Waals surface area contributed by atoms with Crippen LogP contribution in [0.15, 0.2) is 11.3 Å².